The third kappa shape index (κ3) is 3.81. The second kappa shape index (κ2) is 7.35. The number of halogens is 3. The zero-order chi connectivity index (χ0) is 18.7. The Morgan fingerprint density at radius 1 is 1.38 bits per heavy atom. The number of hydrogen-bond donors (Lipinski definition) is 0. The van der Waals surface area contributed by atoms with Crippen molar-refractivity contribution in [3.05, 3.63) is 30.2 Å². The monoisotopic (exact) mass is 369 g/mol. The summed E-state index contributed by atoms with van der Waals surface area (Å²) in [5.74, 6) is 0.518. The molecule has 1 aromatic carbocycles. The van der Waals surface area contributed by atoms with Gasteiger partial charge in [-0.2, -0.15) is 18.2 Å². The number of ether oxygens (including phenoxy) is 1. The van der Waals surface area contributed by atoms with Crippen LogP contribution in [0.1, 0.15) is 25.2 Å². The van der Waals surface area contributed by atoms with Gasteiger partial charge in [0.1, 0.15) is 11.8 Å². The summed E-state index contributed by atoms with van der Waals surface area (Å²) in [7, 11) is 1.52. The zero-order valence-electron chi connectivity index (χ0n) is 14.1. The number of carbonyl (C=O) groups excluding carboxylic acids is 1. The molecule has 6 nitrogen and oxygen atoms in total. The van der Waals surface area contributed by atoms with Crippen molar-refractivity contribution in [1.29, 1.82) is 0 Å². The van der Waals surface area contributed by atoms with Gasteiger partial charge in [0.15, 0.2) is 0 Å². The standard InChI is InChI=1S/C17H18F3N3O3/c1-25-12-6-3-2-5-11(12)16-21-14(26-22-16)8-9-15(24)23-10-4-7-13(23)17(18,19)20/h2-3,5-6,13H,4,7-10H2,1H3. The molecule has 9 heteroatoms. The minimum atomic E-state index is -4.40. The van der Waals surface area contributed by atoms with Gasteiger partial charge in [0, 0.05) is 19.4 Å². The first-order valence-corrected chi connectivity index (χ1v) is 8.22. The molecule has 1 aromatic heterocycles. The summed E-state index contributed by atoms with van der Waals surface area (Å²) in [6.45, 7) is 0.124. The Bertz CT molecular complexity index is 776. The number of aryl methyl sites for hydroxylation is 1. The number of para-hydroxylation sites is 1. The molecule has 1 amide bonds. The lowest BCUT2D eigenvalue weighted by molar-refractivity contribution is -0.182. The number of aromatic nitrogens is 2. The van der Waals surface area contributed by atoms with Crippen LogP contribution in [0.2, 0.25) is 0 Å². The molecule has 1 saturated heterocycles. The number of methoxy groups -OCH3 is 1. The van der Waals surface area contributed by atoms with Crippen LogP contribution in [0.4, 0.5) is 13.2 Å². The predicted molar refractivity (Wildman–Crippen MR) is 85.4 cm³/mol. The van der Waals surface area contributed by atoms with Gasteiger partial charge in [0.2, 0.25) is 17.6 Å². The largest absolute Gasteiger partial charge is 0.496 e. The molecule has 1 atom stereocenters. The number of amides is 1. The number of carbonyl (C=O) groups is 1. The maximum absolute atomic E-state index is 13.0. The fourth-order valence-electron chi connectivity index (χ4n) is 3.06. The summed E-state index contributed by atoms with van der Waals surface area (Å²) in [6.07, 6.45) is -4.11. The van der Waals surface area contributed by atoms with Crippen LogP contribution in [-0.4, -0.2) is 46.8 Å². The topological polar surface area (TPSA) is 68.5 Å². The fraction of sp³-hybridized carbons (Fsp3) is 0.471. The Labute approximate surface area is 147 Å². The van der Waals surface area contributed by atoms with Crippen molar-refractivity contribution >= 4 is 5.91 Å². The average Bonchev–Trinajstić information content (AvgIpc) is 3.28. The minimum absolute atomic E-state index is 0.0479. The molecule has 0 aliphatic carbocycles. The van der Waals surface area contributed by atoms with E-state index in [1.54, 1.807) is 24.3 Å². The Hall–Kier alpha value is -2.58. The van der Waals surface area contributed by atoms with Gasteiger partial charge >= 0.3 is 6.18 Å². The minimum Gasteiger partial charge on any atom is -0.496 e. The molecule has 26 heavy (non-hydrogen) atoms. The number of nitrogens with zero attached hydrogens (tertiary/aromatic N) is 3. The van der Waals surface area contributed by atoms with Crippen LogP contribution >= 0.6 is 0 Å². The molecule has 140 valence electrons. The van der Waals surface area contributed by atoms with E-state index in [1.165, 1.54) is 7.11 Å². The molecule has 1 aliphatic rings. The van der Waals surface area contributed by atoms with Gasteiger partial charge < -0.3 is 14.2 Å². The summed E-state index contributed by atoms with van der Waals surface area (Å²) in [6, 6.07) is 5.41. The smallest absolute Gasteiger partial charge is 0.408 e. The Morgan fingerprint density at radius 2 is 2.15 bits per heavy atom. The van der Waals surface area contributed by atoms with E-state index in [9.17, 15) is 18.0 Å². The summed E-state index contributed by atoms with van der Waals surface area (Å²) in [4.78, 5) is 17.3. The fourth-order valence-corrected chi connectivity index (χ4v) is 3.06. The summed E-state index contributed by atoms with van der Waals surface area (Å²) in [5.41, 5.74) is 0.632. The second-order valence-electron chi connectivity index (χ2n) is 6.00. The van der Waals surface area contributed by atoms with Crippen LogP contribution in [0.3, 0.4) is 0 Å². The zero-order valence-corrected chi connectivity index (χ0v) is 14.1. The lowest BCUT2D eigenvalue weighted by Gasteiger charge is -2.26. The van der Waals surface area contributed by atoms with E-state index in [4.69, 9.17) is 9.26 Å². The van der Waals surface area contributed by atoms with E-state index in [-0.39, 0.29) is 31.7 Å². The first kappa shape index (κ1) is 18.2. The van der Waals surface area contributed by atoms with Crippen molar-refractivity contribution in [2.45, 2.75) is 37.9 Å². The lowest BCUT2D eigenvalue weighted by atomic mass is 10.2. The van der Waals surface area contributed by atoms with Gasteiger partial charge in [0.25, 0.3) is 0 Å². The maximum atomic E-state index is 13.0. The van der Waals surface area contributed by atoms with Crippen LogP contribution in [0.5, 0.6) is 5.75 Å². The molecule has 0 radical (unpaired) electrons. The number of benzene rings is 1. The normalized spacial score (nSPS) is 17.5. The molecule has 1 fully saturated rings. The number of alkyl halides is 3. The Balaban J connectivity index is 1.64. The van der Waals surface area contributed by atoms with Crippen LogP contribution in [0, 0.1) is 0 Å². The van der Waals surface area contributed by atoms with Gasteiger partial charge in [-0.1, -0.05) is 17.3 Å². The van der Waals surface area contributed by atoms with E-state index in [2.05, 4.69) is 10.1 Å². The highest BCUT2D eigenvalue weighted by Crippen LogP contribution is 2.33. The first-order chi connectivity index (χ1) is 12.4. The highest BCUT2D eigenvalue weighted by molar-refractivity contribution is 5.77. The van der Waals surface area contributed by atoms with E-state index < -0.39 is 18.1 Å². The summed E-state index contributed by atoms with van der Waals surface area (Å²) in [5, 5.41) is 3.85. The van der Waals surface area contributed by atoms with Gasteiger partial charge in [0.05, 0.1) is 12.7 Å². The van der Waals surface area contributed by atoms with Gasteiger partial charge in [-0.3, -0.25) is 4.79 Å². The van der Waals surface area contributed by atoms with E-state index in [0.717, 1.165) is 4.90 Å². The van der Waals surface area contributed by atoms with Crippen LogP contribution in [0.25, 0.3) is 11.4 Å². The molecule has 0 spiro atoms. The van der Waals surface area contributed by atoms with Crippen molar-refractivity contribution in [3.8, 4) is 17.1 Å². The van der Waals surface area contributed by atoms with Crippen LogP contribution in [0.15, 0.2) is 28.8 Å². The predicted octanol–water partition coefficient (Wildman–Crippen LogP) is 3.23. The van der Waals surface area contributed by atoms with Crippen molar-refractivity contribution in [3.63, 3.8) is 0 Å². The van der Waals surface area contributed by atoms with Gasteiger partial charge in [-0.15, -0.1) is 0 Å². The SMILES string of the molecule is COc1ccccc1-c1noc(CCC(=O)N2CCCC2C(F)(F)F)n1. The molecule has 0 bridgehead atoms. The first-order valence-electron chi connectivity index (χ1n) is 8.22. The van der Waals surface area contributed by atoms with Crippen LogP contribution < -0.4 is 4.74 Å². The molecule has 2 aromatic rings. The number of likely N-dealkylation sites (tertiary alicyclic amines) is 1. The number of hydrogen-bond acceptors (Lipinski definition) is 5. The van der Waals surface area contributed by atoms with Crippen molar-refractivity contribution in [2.75, 3.05) is 13.7 Å². The number of rotatable bonds is 5. The van der Waals surface area contributed by atoms with E-state index >= 15 is 0 Å². The molecule has 3 rings (SSSR count). The maximum Gasteiger partial charge on any atom is 0.408 e. The summed E-state index contributed by atoms with van der Waals surface area (Å²) >= 11 is 0. The molecule has 0 saturated carbocycles. The van der Waals surface area contributed by atoms with Crippen molar-refractivity contribution in [1.82, 2.24) is 15.0 Å². The lowest BCUT2D eigenvalue weighted by Crippen LogP contribution is -2.44. The molecule has 1 unspecified atom stereocenters. The molecule has 0 N–H and O–H groups in total. The molecule has 1 aliphatic heterocycles. The van der Waals surface area contributed by atoms with Gasteiger partial charge in [-0.05, 0) is 25.0 Å². The highest BCUT2D eigenvalue weighted by atomic mass is 19.4. The Kier molecular flexibility index (Phi) is 5.15. The van der Waals surface area contributed by atoms with Crippen molar-refractivity contribution < 1.29 is 27.2 Å². The average molecular weight is 369 g/mol. The third-order valence-corrected chi connectivity index (χ3v) is 4.32. The highest BCUT2D eigenvalue weighted by Gasteiger charge is 2.47. The van der Waals surface area contributed by atoms with E-state index in [0.29, 0.717) is 23.6 Å². The van der Waals surface area contributed by atoms with Crippen LogP contribution in [-0.2, 0) is 11.2 Å². The second-order valence-corrected chi connectivity index (χ2v) is 6.00. The molecular formula is C17H18F3N3O3. The van der Waals surface area contributed by atoms with Gasteiger partial charge in [-0.25, -0.2) is 0 Å². The van der Waals surface area contributed by atoms with Crippen molar-refractivity contribution in [2.24, 2.45) is 0 Å². The molecular weight excluding hydrogens is 351 g/mol. The quantitative estimate of drug-likeness (QED) is 0.809. The third-order valence-electron chi connectivity index (χ3n) is 4.32. The Morgan fingerprint density at radius 3 is 2.88 bits per heavy atom. The molecule has 2 heterocycles. The summed E-state index contributed by atoms with van der Waals surface area (Å²) < 4.78 is 49.2. The van der Waals surface area contributed by atoms with E-state index in [1.807, 2.05) is 0 Å².